The highest BCUT2D eigenvalue weighted by atomic mass is 16.2. The first-order chi connectivity index (χ1) is 12.1. The van der Waals surface area contributed by atoms with E-state index in [0.717, 1.165) is 24.2 Å². The zero-order valence-electron chi connectivity index (χ0n) is 14.3. The Morgan fingerprint density at radius 1 is 1.36 bits per heavy atom. The average Bonchev–Trinajstić information content (AvgIpc) is 3.25. The molecule has 1 aliphatic heterocycles. The minimum atomic E-state index is -0.140. The van der Waals surface area contributed by atoms with E-state index in [1.807, 2.05) is 43.5 Å². The summed E-state index contributed by atoms with van der Waals surface area (Å²) in [5, 5.41) is 7.03. The Bertz CT molecular complexity index is 750. The van der Waals surface area contributed by atoms with Crippen LogP contribution in [0.15, 0.2) is 48.8 Å². The molecule has 6 heteroatoms. The van der Waals surface area contributed by atoms with Gasteiger partial charge in [-0.1, -0.05) is 12.1 Å². The third-order valence-electron chi connectivity index (χ3n) is 4.11. The lowest BCUT2D eigenvalue weighted by atomic mass is 10.2. The van der Waals surface area contributed by atoms with Crippen molar-refractivity contribution in [1.29, 1.82) is 0 Å². The highest BCUT2D eigenvalue weighted by Crippen LogP contribution is 2.21. The summed E-state index contributed by atoms with van der Waals surface area (Å²) in [5.74, 6) is 0.0345. The molecule has 1 saturated heterocycles. The number of nitrogens with one attached hydrogen (secondary N) is 1. The summed E-state index contributed by atoms with van der Waals surface area (Å²) in [7, 11) is 0. The van der Waals surface area contributed by atoms with Gasteiger partial charge in [0.25, 0.3) is 0 Å². The molecule has 0 spiro atoms. The zero-order valence-corrected chi connectivity index (χ0v) is 14.3. The van der Waals surface area contributed by atoms with Crippen molar-refractivity contribution >= 4 is 23.6 Å². The molecule has 1 N–H and O–H groups in total. The predicted molar refractivity (Wildman–Crippen MR) is 96.9 cm³/mol. The summed E-state index contributed by atoms with van der Waals surface area (Å²) in [4.78, 5) is 25.5. The number of aromatic nitrogens is 2. The van der Waals surface area contributed by atoms with Crippen LogP contribution in [0.1, 0.15) is 25.3 Å². The number of rotatable bonds is 6. The molecule has 0 radical (unpaired) electrons. The molecule has 2 amide bonds. The Labute approximate surface area is 147 Å². The SMILES string of the molecule is C[C@@H](Cn1cccn1)NC(=O)/C=C/c1ccc(N2CCCC2=O)cc1. The maximum Gasteiger partial charge on any atom is 0.244 e. The third kappa shape index (κ3) is 4.56. The molecule has 0 saturated carbocycles. The molecule has 2 heterocycles. The number of nitrogens with zero attached hydrogens (tertiary/aromatic N) is 3. The van der Waals surface area contributed by atoms with Crippen LogP contribution in [0, 0.1) is 0 Å². The Kier molecular flexibility index (Phi) is 5.28. The van der Waals surface area contributed by atoms with Gasteiger partial charge in [-0.3, -0.25) is 14.3 Å². The summed E-state index contributed by atoms with van der Waals surface area (Å²) in [6.45, 7) is 3.35. The number of anilines is 1. The van der Waals surface area contributed by atoms with Crippen LogP contribution in [0.25, 0.3) is 6.08 Å². The Balaban J connectivity index is 1.52. The van der Waals surface area contributed by atoms with E-state index in [-0.39, 0.29) is 17.9 Å². The molecule has 0 aliphatic carbocycles. The number of carbonyl (C=O) groups is 2. The lowest BCUT2D eigenvalue weighted by Crippen LogP contribution is -2.34. The van der Waals surface area contributed by atoms with E-state index in [9.17, 15) is 9.59 Å². The number of amides is 2. The van der Waals surface area contributed by atoms with Gasteiger partial charge in [-0.05, 0) is 43.2 Å². The van der Waals surface area contributed by atoms with Crippen LogP contribution in [0.4, 0.5) is 5.69 Å². The summed E-state index contributed by atoms with van der Waals surface area (Å²) >= 11 is 0. The monoisotopic (exact) mass is 338 g/mol. The summed E-state index contributed by atoms with van der Waals surface area (Å²) in [6.07, 6.45) is 8.41. The van der Waals surface area contributed by atoms with Crippen molar-refractivity contribution in [1.82, 2.24) is 15.1 Å². The molecule has 0 unspecified atom stereocenters. The minimum Gasteiger partial charge on any atom is -0.348 e. The minimum absolute atomic E-state index is 0.0133. The second kappa shape index (κ2) is 7.79. The smallest absolute Gasteiger partial charge is 0.244 e. The zero-order chi connectivity index (χ0) is 17.6. The summed E-state index contributed by atoms with van der Waals surface area (Å²) in [5.41, 5.74) is 1.84. The predicted octanol–water partition coefficient (Wildman–Crippen LogP) is 2.23. The van der Waals surface area contributed by atoms with Gasteiger partial charge >= 0.3 is 0 Å². The van der Waals surface area contributed by atoms with Gasteiger partial charge in [-0.2, -0.15) is 5.10 Å². The van der Waals surface area contributed by atoms with E-state index < -0.39 is 0 Å². The van der Waals surface area contributed by atoms with Gasteiger partial charge in [0.1, 0.15) is 0 Å². The van der Waals surface area contributed by atoms with Crippen LogP contribution in [0.5, 0.6) is 0 Å². The van der Waals surface area contributed by atoms with Crippen molar-refractivity contribution in [3.05, 3.63) is 54.4 Å². The van der Waals surface area contributed by atoms with E-state index in [0.29, 0.717) is 13.0 Å². The fourth-order valence-corrected chi connectivity index (χ4v) is 2.88. The molecule has 1 aromatic carbocycles. The lowest BCUT2D eigenvalue weighted by Gasteiger charge is -2.15. The van der Waals surface area contributed by atoms with Gasteiger partial charge in [0.2, 0.25) is 11.8 Å². The van der Waals surface area contributed by atoms with Crippen molar-refractivity contribution in [2.45, 2.75) is 32.4 Å². The second-order valence-electron chi connectivity index (χ2n) is 6.21. The molecule has 130 valence electrons. The van der Waals surface area contributed by atoms with Crippen molar-refractivity contribution in [2.75, 3.05) is 11.4 Å². The Morgan fingerprint density at radius 2 is 2.16 bits per heavy atom. The van der Waals surface area contributed by atoms with Crippen molar-refractivity contribution in [3.63, 3.8) is 0 Å². The molecule has 1 fully saturated rings. The van der Waals surface area contributed by atoms with Gasteiger partial charge in [0.15, 0.2) is 0 Å². The van der Waals surface area contributed by atoms with E-state index in [4.69, 9.17) is 0 Å². The third-order valence-corrected chi connectivity index (χ3v) is 4.11. The molecule has 3 rings (SSSR count). The molecule has 6 nitrogen and oxygen atoms in total. The Morgan fingerprint density at radius 3 is 2.80 bits per heavy atom. The van der Waals surface area contributed by atoms with Crippen molar-refractivity contribution < 1.29 is 9.59 Å². The summed E-state index contributed by atoms with van der Waals surface area (Å²) < 4.78 is 1.78. The first kappa shape index (κ1) is 17.0. The highest BCUT2D eigenvalue weighted by Gasteiger charge is 2.21. The maximum absolute atomic E-state index is 12.0. The van der Waals surface area contributed by atoms with Crippen LogP contribution < -0.4 is 10.2 Å². The van der Waals surface area contributed by atoms with Gasteiger partial charge in [0.05, 0.1) is 6.54 Å². The number of hydrogen-bond donors (Lipinski definition) is 1. The number of hydrogen-bond acceptors (Lipinski definition) is 3. The fourth-order valence-electron chi connectivity index (χ4n) is 2.88. The van der Waals surface area contributed by atoms with E-state index in [1.165, 1.54) is 6.08 Å². The Hall–Kier alpha value is -2.89. The largest absolute Gasteiger partial charge is 0.348 e. The van der Waals surface area contributed by atoms with E-state index in [1.54, 1.807) is 21.9 Å². The topological polar surface area (TPSA) is 67.2 Å². The van der Waals surface area contributed by atoms with Gasteiger partial charge in [0, 0.05) is 43.2 Å². The van der Waals surface area contributed by atoms with E-state index in [2.05, 4.69) is 10.4 Å². The lowest BCUT2D eigenvalue weighted by molar-refractivity contribution is -0.117. The molecule has 1 aromatic heterocycles. The highest BCUT2D eigenvalue weighted by molar-refractivity contribution is 5.95. The molecular weight excluding hydrogens is 316 g/mol. The van der Waals surface area contributed by atoms with Crippen LogP contribution in [-0.2, 0) is 16.1 Å². The van der Waals surface area contributed by atoms with Gasteiger partial charge in [-0.15, -0.1) is 0 Å². The van der Waals surface area contributed by atoms with Crippen molar-refractivity contribution in [3.8, 4) is 0 Å². The fraction of sp³-hybridized carbons (Fsp3) is 0.316. The summed E-state index contributed by atoms with van der Waals surface area (Å²) in [6, 6.07) is 9.51. The van der Waals surface area contributed by atoms with E-state index >= 15 is 0 Å². The van der Waals surface area contributed by atoms with Crippen LogP contribution in [0.3, 0.4) is 0 Å². The molecule has 2 aromatic rings. The molecule has 25 heavy (non-hydrogen) atoms. The van der Waals surface area contributed by atoms with Crippen LogP contribution in [-0.4, -0.2) is 34.2 Å². The molecule has 1 aliphatic rings. The first-order valence-corrected chi connectivity index (χ1v) is 8.48. The van der Waals surface area contributed by atoms with Crippen LogP contribution >= 0.6 is 0 Å². The quantitative estimate of drug-likeness (QED) is 0.821. The molecule has 0 bridgehead atoms. The second-order valence-corrected chi connectivity index (χ2v) is 6.21. The van der Waals surface area contributed by atoms with Crippen molar-refractivity contribution in [2.24, 2.45) is 0 Å². The van der Waals surface area contributed by atoms with Gasteiger partial charge in [-0.25, -0.2) is 0 Å². The molecule has 1 atom stereocenters. The number of benzene rings is 1. The molecular formula is C19H22N4O2. The normalized spacial score (nSPS) is 15.7. The van der Waals surface area contributed by atoms with Crippen LogP contribution in [0.2, 0.25) is 0 Å². The standard InChI is InChI=1S/C19H22N4O2/c1-15(14-22-12-3-11-20-22)21-18(24)10-7-16-5-8-17(9-6-16)23-13-2-4-19(23)25/h3,5-12,15H,2,4,13-14H2,1H3,(H,21,24)/b10-7+/t15-/m0/s1. The first-order valence-electron chi connectivity index (χ1n) is 8.48. The maximum atomic E-state index is 12.0. The average molecular weight is 338 g/mol. The number of carbonyl (C=O) groups excluding carboxylic acids is 2. The van der Waals surface area contributed by atoms with Gasteiger partial charge < -0.3 is 10.2 Å².